The maximum Gasteiger partial charge on any atom is 0.243 e. The van der Waals surface area contributed by atoms with E-state index in [9.17, 15) is 18.0 Å². The van der Waals surface area contributed by atoms with Crippen molar-refractivity contribution in [2.75, 3.05) is 18.4 Å². The highest BCUT2D eigenvalue weighted by atomic mass is 32.2. The van der Waals surface area contributed by atoms with E-state index in [0.29, 0.717) is 50.1 Å². The second-order valence-corrected chi connectivity index (χ2v) is 9.66. The summed E-state index contributed by atoms with van der Waals surface area (Å²) < 4.78 is 33.1. The molecule has 0 unspecified atom stereocenters. The summed E-state index contributed by atoms with van der Waals surface area (Å²) in [6.45, 7) is 0.823. The van der Waals surface area contributed by atoms with Crippen LogP contribution in [0.4, 0.5) is 5.69 Å². The van der Waals surface area contributed by atoms with E-state index >= 15 is 0 Å². The molecule has 2 amide bonds. The van der Waals surface area contributed by atoms with E-state index in [0.717, 1.165) is 5.56 Å². The predicted molar refractivity (Wildman–Crippen MR) is 110 cm³/mol. The fourth-order valence-corrected chi connectivity index (χ4v) is 5.54. The van der Waals surface area contributed by atoms with Gasteiger partial charge in [0.25, 0.3) is 0 Å². The van der Waals surface area contributed by atoms with Gasteiger partial charge in [0.15, 0.2) is 0 Å². The molecule has 0 bridgehead atoms. The molecular weight excluding hydrogens is 406 g/mol. The lowest BCUT2D eigenvalue weighted by Gasteiger charge is -2.31. The number of nitrogens with zero attached hydrogens (tertiary/aromatic N) is 1. The molecular formula is C21H25N3O5S. The van der Waals surface area contributed by atoms with Crippen molar-refractivity contribution in [2.24, 2.45) is 5.92 Å². The van der Waals surface area contributed by atoms with E-state index in [2.05, 4.69) is 10.6 Å². The van der Waals surface area contributed by atoms with Gasteiger partial charge in [-0.1, -0.05) is 0 Å². The van der Waals surface area contributed by atoms with Gasteiger partial charge < -0.3 is 15.1 Å². The maximum absolute atomic E-state index is 13.2. The summed E-state index contributed by atoms with van der Waals surface area (Å²) in [4.78, 5) is 24.5. The molecule has 2 aliphatic rings. The summed E-state index contributed by atoms with van der Waals surface area (Å²) >= 11 is 0. The van der Waals surface area contributed by atoms with Gasteiger partial charge in [-0.05, 0) is 61.6 Å². The van der Waals surface area contributed by atoms with Gasteiger partial charge >= 0.3 is 0 Å². The topological polar surface area (TPSA) is 109 Å². The van der Waals surface area contributed by atoms with Crippen LogP contribution in [0.3, 0.4) is 0 Å². The van der Waals surface area contributed by atoms with E-state index in [1.807, 2.05) is 0 Å². The molecule has 0 radical (unpaired) electrons. The minimum atomic E-state index is -3.72. The van der Waals surface area contributed by atoms with Crippen LogP contribution in [0.15, 0.2) is 45.9 Å². The molecule has 2 N–H and O–H groups in total. The summed E-state index contributed by atoms with van der Waals surface area (Å²) in [5.74, 6) is 0.0315. The molecule has 2 aliphatic heterocycles. The molecule has 2 aromatic rings. The van der Waals surface area contributed by atoms with Crippen LogP contribution in [-0.2, 0) is 32.6 Å². The van der Waals surface area contributed by atoms with Crippen LogP contribution in [0.1, 0.15) is 37.0 Å². The molecule has 1 atom stereocenters. The van der Waals surface area contributed by atoms with E-state index in [-0.39, 0.29) is 29.8 Å². The summed E-state index contributed by atoms with van der Waals surface area (Å²) in [5, 5.41) is 5.64. The van der Waals surface area contributed by atoms with Crippen LogP contribution >= 0.6 is 0 Å². The van der Waals surface area contributed by atoms with Gasteiger partial charge in [-0.2, -0.15) is 4.31 Å². The third-order valence-electron chi connectivity index (χ3n) is 5.61. The first-order valence-electron chi connectivity index (χ1n) is 10.2. The van der Waals surface area contributed by atoms with Crippen LogP contribution in [0.5, 0.6) is 0 Å². The minimum Gasteiger partial charge on any atom is -0.467 e. The SMILES string of the molecule is O=C1CCCc2cc(S(=O)(=O)N3CCC[C@H](C(=O)NCc4ccco4)C3)ccc2N1. The first kappa shape index (κ1) is 20.6. The first-order valence-corrected chi connectivity index (χ1v) is 11.6. The van der Waals surface area contributed by atoms with Gasteiger partial charge in [-0.15, -0.1) is 0 Å². The third kappa shape index (κ3) is 4.41. The van der Waals surface area contributed by atoms with Crippen molar-refractivity contribution in [3.8, 4) is 0 Å². The Balaban J connectivity index is 1.46. The summed E-state index contributed by atoms with van der Waals surface area (Å²) in [6.07, 6.45) is 4.57. The normalized spacial score (nSPS) is 20.1. The maximum atomic E-state index is 13.2. The van der Waals surface area contributed by atoms with Gasteiger partial charge in [-0.25, -0.2) is 8.42 Å². The van der Waals surface area contributed by atoms with E-state index in [1.165, 1.54) is 10.4 Å². The van der Waals surface area contributed by atoms with Crippen LogP contribution in [0, 0.1) is 5.92 Å². The van der Waals surface area contributed by atoms with Crippen molar-refractivity contribution in [3.63, 3.8) is 0 Å². The van der Waals surface area contributed by atoms with Gasteiger partial charge in [0.2, 0.25) is 21.8 Å². The van der Waals surface area contributed by atoms with Crippen molar-refractivity contribution in [1.29, 1.82) is 0 Å². The average Bonchev–Trinajstić information content (AvgIpc) is 3.19. The molecule has 1 aromatic heterocycles. The molecule has 1 aromatic carbocycles. The number of anilines is 1. The molecule has 1 fully saturated rings. The Labute approximate surface area is 175 Å². The lowest BCUT2D eigenvalue weighted by atomic mass is 9.99. The molecule has 8 nitrogen and oxygen atoms in total. The van der Waals surface area contributed by atoms with E-state index in [4.69, 9.17) is 4.42 Å². The zero-order valence-corrected chi connectivity index (χ0v) is 17.4. The smallest absolute Gasteiger partial charge is 0.243 e. The molecule has 9 heteroatoms. The number of piperidine rings is 1. The molecule has 0 aliphatic carbocycles. The highest BCUT2D eigenvalue weighted by Crippen LogP contribution is 2.29. The predicted octanol–water partition coefficient (Wildman–Crippen LogP) is 2.27. The van der Waals surface area contributed by atoms with Crippen molar-refractivity contribution in [1.82, 2.24) is 9.62 Å². The van der Waals surface area contributed by atoms with Gasteiger partial charge in [0, 0.05) is 25.2 Å². The monoisotopic (exact) mass is 431 g/mol. The fourth-order valence-electron chi connectivity index (χ4n) is 3.97. The Kier molecular flexibility index (Phi) is 5.92. The Morgan fingerprint density at radius 3 is 2.90 bits per heavy atom. The molecule has 4 rings (SSSR count). The van der Waals surface area contributed by atoms with Crippen LogP contribution in [0.25, 0.3) is 0 Å². The lowest BCUT2D eigenvalue weighted by molar-refractivity contribution is -0.126. The first-order chi connectivity index (χ1) is 14.4. The largest absolute Gasteiger partial charge is 0.467 e. The number of carbonyl (C=O) groups excluding carboxylic acids is 2. The van der Waals surface area contributed by atoms with Crippen LogP contribution in [-0.4, -0.2) is 37.6 Å². The molecule has 0 saturated carbocycles. The number of furan rings is 1. The molecule has 160 valence electrons. The summed E-state index contributed by atoms with van der Waals surface area (Å²) in [6, 6.07) is 8.36. The van der Waals surface area contributed by atoms with Gasteiger partial charge in [0.1, 0.15) is 5.76 Å². The molecule has 1 saturated heterocycles. The number of benzene rings is 1. The second-order valence-electron chi connectivity index (χ2n) is 7.72. The standard InChI is InChI=1S/C21H25N3O5S/c25-20-7-1-4-15-12-18(8-9-19(15)23-20)30(27,28)24-10-2-5-16(14-24)21(26)22-13-17-6-3-11-29-17/h3,6,8-9,11-12,16H,1-2,4-5,7,10,13-14H2,(H,22,26)(H,23,25)/t16-/m0/s1. The van der Waals surface area contributed by atoms with Crippen molar-refractivity contribution in [3.05, 3.63) is 47.9 Å². The zero-order valence-electron chi connectivity index (χ0n) is 16.6. The number of hydrogen-bond acceptors (Lipinski definition) is 5. The van der Waals surface area contributed by atoms with Gasteiger partial charge in [-0.3, -0.25) is 9.59 Å². The number of amides is 2. The third-order valence-corrected chi connectivity index (χ3v) is 7.47. The van der Waals surface area contributed by atoms with Crippen LogP contribution in [0.2, 0.25) is 0 Å². The summed E-state index contributed by atoms with van der Waals surface area (Å²) in [7, 11) is -3.72. The van der Waals surface area contributed by atoms with Crippen LogP contribution < -0.4 is 10.6 Å². The number of sulfonamides is 1. The number of carbonyl (C=O) groups is 2. The van der Waals surface area contributed by atoms with E-state index in [1.54, 1.807) is 30.5 Å². The van der Waals surface area contributed by atoms with Crippen molar-refractivity contribution in [2.45, 2.75) is 43.5 Å². The van der Waals surface area contributed by atoms with E-state index < -0.39 is 15.9 Å². The molecule has 0 spiro atoms. The Morgan fingerprint density at radius 2 is 2.10 bits per heavy atom. The minimum absolute atomic E-state index is 0.0520. The highest BCUT2D eigenvalue weighted by molar-refractivity contribution is 7.89. The highest BCUT2D eigenvalue weighted by Gasteiger charge is 2.33. The zero-order chi connectivity index (χ0) is 21.1. The number of aryl methyl sites for hydroxylation is 1. The Hall–Kier alpha value is -2.65. The van der Waals surface area contributed by atoms with Crippen molar-refractivity contribution < 1.29 is 22.4 Å². The molecule has 30 heavy (non-hydrogen) atoms. The summed E-state index contributed by atoms with van der Waals surface area (Å²) in [5.41, 5.74) is 1.50. The Morgan fingerprint density at radius 1 is 1.23 bits per heavy atom. The number of fused-ring (bicyclic) bond motifs is 1. The number of nitrogens with one attached hydrogen (secondary N) is 2. The number of hydrogen-bond donors (Lipinski definition) is 2. The quantitative estimate of drug-likeness (QED) is 0.755. The molecule has 3 heterocycles. The second kappa shape index (κ2) is 8.61. The number of rotatable bonds is 5. The van der Waals surface area contributed by atoms with Crippen molar-refractivity contribution >= 4 is 27.5 Å². The average molecular weight is 432 g/mol. The fraction of sp³-hybridized carbons (Fsp3) is 0.429. The Bertz CT molecular complexity index is 1030. The van der Waals surface area contributed by atoms with Gasteiger partial charge in [0.05, 0.1) is 23.6 Å². The lowest BCUT2D eigenvalue weighted by Crippen LogP contribution is -2.45.